The fraction of sp³-hybridized carbons (Fsp3) is 0.325. The summed E-state index contributed by atoms with van der Waals surface area (Å²) in [5, 5.41) is 14.1. The van der Waals surface area contributed by atoms with Crippen LogP contribution in [0, 0.1) is 5.92 Å². The van der Waals surface area contributed by atoms with Crippen LogP contribution in [0.25, 0.3) is 11.1 Å². The Bertz CT molecular complexity index is 1780. The number of carboxylic acid groups (broad SMARTS) is 1. The zero-order chi connectivity index (χ0) is 33.3. The number of hydrogen-bond donors (Lipinski definition) is 2. The van der Waals surface area contributed by atoms with Gasteiger partial charge in [0.1, 0.15) is 12.9 Å². The first-order valence-electron chi connectivity index (χ1n) is 16.8. The average Bonchev–Trinajstić information content (AvgIpc) is 3.68. The Morgan fingerprint density at radius 3 is 2.21 bits per heavy atom. The number of amides is 1. The van der Waals surface area contributed by atoms with E-state index in [0.29, 0.717) is 24.4 Å². The third-order valence-electron chi connectivity index (χ3n) is 10.7. The lowest BCUT2D eigenvalue weighted by Crippen LogP contribution is -2.67. The fourth-order valence-electron chi connectivity index (χ4n) is 8.57. The molecule has 3 aliphatic rings. The van der Waals surface area contributed by atoms with Crippen LogP contribution in [0.3, 0.4) is 0 Å². The van der Waals surface area contributed by atoms with Gasteiger partial charge < -0.3 is 20.0 Å². The Balaban J connectivity index is 1.20. The predicted octanol–water partition coefficient (Wildman–Crippen LogP) is 7.60. The van der Waals surface area contributed by atoms with Gasteiger partial charge in [-0.3, -0.25) is 9.69 Å². The molecule has 0 radical (unpaired) electrons. The molecule has 7 nitrogen and oxygen atoms in total. The quantitative estimate of drug-likeness (QED) is 0.170. The normalized spacial score (nSPS) is 21.4. The maximum Gasteiger partial charge on any atom is 0.408 e. The molecule has 2 unspecified atom stereocenters. The van der Waals surface area contributed by atoms with Crippen LogP contribution in [-0.4, -0.2) is 53.2 Å². The van der Waals surface area contributed by atoms with E-state index in [0.717, 1.165) is 64.5 Å². The molecule has 0 saturated carbocycles. The summed E-state index contributed by atoms with van der Waals surface area (Å²) >= 11 is 6.19. The highest BCUT2D eigenvalue weighted by Crippen LogP contribution is 2.47. The smallest absolute Gasteiger partial charge is 0.408 e. The number of benzene rings is 4. The van der Waals surface area contributed by atoms with E-state index in [-0.39, 0.29) is 30.8 Å². The number of nitrogens with one attached hydrogen (secondary N) is 1. The predicted molar refractivity (Wildman–Crippen MR) is 185 cm³/mol. The van der Waals surface area contributed by atoms with Crippen molar-refractivity contribution in [2.75, 3.05) is 13.2 Å². The lowest BCUT2D eigenvalue weighted by molar-refractivity contribution is -0.147. The van der Waals surface area contributed by atoms with Gasteiger partial charge in [0.2, 0.25) is 0 Å². The first-order valence-corrected chi connectivity index (χ1v) is 17.1. The molecule has 1 saturated heterocycles. The van der Waals surface area contributed by atoms with Crippen molar-refractivity contribution in [1.82, 2.24) is 10.2 Å². The third-order valence-corrected chi connectivity index (χ3v) is 10.9. The molecule has 4 aromatic carbocycles. The summed E-state index contributed by atoms with van der Waals surface area (Å²) < 4.78 is 6.02. The average molecular weight is 663 g/mol. The topological polar surface area (TPSA) is 95.9 Å². The second-order valence-corrected chi connectivity index (χ2v) is 13.7. The zero-order valence-electron chi connectivity index (χ0n) is 26.7. The molecule has 2 aliphatic carbocycles. The van der Waals surface area contributed by atoms with E-state index in [9.17, 15) is 19.5 Å². The number of alkyl carbamates (subject to hydrolysis) is 1. The van der Waals surface area contributed by atoms with Gasteiger partial charge >= 0.3 is 12.1 Å². The van der Waals surface area contributed by atoms with Crippen molar-refractivity contribution in [3.8, 4) is 11.1 Å². The zero-order valence-corrected chi connectivity index (χ0v) is 27.4. The van der Waals surface area contributed by atoms with Crippen LogP contribution in [0.15, 0.2) is 97.1 Å². The van der Waals surface area contributed by atoms with Gasteiger partial charge in [-0.05, 0) is 89.1 Å². The SMILES string of the molecule is O=C[C@@](CC(=O)O)([C@H]1CCc2ccccc21)N1CCCC(Cc2ccc(Cl)cc2)C1NC(=O)OCC1c2ccccc2-c2ccccc21. The van der Waals surface area contributed by atoms with E-state index in [1.54, 1.807) is 0 Å². The highest BCUT2D eigenvalue weighted by molar-refractivity contribution is 6.30. The molecular formula is C40H39ClN2O5. The van der Waals surface area contributed by atoms with Gasteiger partial charge in [-0.2, -0.15) is 0 Å². The van der Waals surface area contributed by atoms with E-state index in [1.165, 1.54) is 0 Å². The van der Waals surface area contributed by atoms with Crippen LogP contribution in [0.2, 0.25) is 5.02 Å². The summed E-state index contributed by atoms with van der Waals surface area (Å²) in [5.41, 5.74) is 6.35. The number of nitrogens with zero attached hydrogens (tertiary/aromatic N) is 1. The molecule has 7 rings (SSSR count). The Kier molecular flexibility index (Phi) is 9.08. The third kappa shape index (κ3) is 6.01. The molecule has 1 aliphatic heterocycles. The molecule has 8 heteroatoms. The van der Waals surface area contributed by atoms with Gasteiger partial charge in [-0.15, -0.1) is 0 Å². The number of carbonyl (C=O) groups is 3. The maximum atomic E-state index is 13.9. The van der Waals surface area contributed by atoms with E-state index in [1.807, 2.05) is 71.6 Å². The standard InChI is InChI=1S/C40H39ClN2O5/c41-29-18-15-26(16-19-29)22-28-9-7-21-43(40(25-44,23-37(45)46)36-20-17-27-8-1-2-10-30(27)36)38(28)42-39(47)48-24-35-33-13-5-3-11-31(33)32-12-4-6-14-34(32)35/h1-6,8,10-16,18-19,25,28,35-36,38H,7,9,17,20-24H2,(H,42,47)(H,45,46)/t28?,36-,38?,40-/m0/s1. The number of halogens is 1. The molecule has 1 amide bonds. The van der Waals surface area contributed by atoms with Crippen LogP contribution < -0.4 is 5.32 Å². The van der Waals surface area contributed by atoms with Crippen molar-refractivity contribution in [1.29, 1.82) is 0 Å². The van der Waals surface area contributed by atoms with Gasteiger partial charge in [0.25, 0.3) is 0 Å². The van der Waals surface area contributed by atoms with Gasteiger partial charge in [0, 0.05) is 23.4 Å². The lowest BCUT2D eigenvalue weighted by atomic mass is 9.74. The number of likely N-dealkylation sites (tertiary alicyclic amines) is 1. The summed E-state index contributed by atoms with van der Waals surface area (Å²) in [6.45, 7) is 0.620. The van der Waals surface area contributed by atoms with Gasteiger partial charge in [-0.25, -0.2) is 4.79 Å². The first kappa shape index (κ1) is 32.1. The largest absolute Gasteiger partial charge is 0.481 e. The van der Waals surface area contributed by atoms with E-state index < -0.39 is 23.8 Å². The van der Waals surface area contributed by atoms with Crippen molar-refractivity contribution >= 4 is 29.9 Å². The number of ether oxygens (including phenoxy) is 1. The monoisotopic (exact) mass is 662 g/mol. The van der Waals surface area contributed by atoms with Crippen molar-refractivity contribution < 1.29 is 24.2 Å². The highest BCUT2D eigenvalue weighted by atomic mass is 35.5. The Labute approximate surface area is 285 Å². The van der Waals surface area contributed by atoms with Gasteiger partial charge in [-0.1, -0.05) is 96.5 Å². The molecule has 0 aromatic heterocycles. The molecule has 246 valence electrons. The number of fused-ring (bicyclic) bond motifs is 4. The number of aryl methyl sites for hydroxylation is 1. The molecule has 4 atom stereocenters. The van der Waals surface area contributed by atoms with E-state index in [4.69, 9.17) is 16.3 Å². The minimum absolute atomic E-state index is 0.105. The Hall–Kier alpha value is -4.46. The minimum atomic E-state index is -1.36. The number of hydrogen-bond acceptors (Lipinski definition) is 5. The van der Waals surface area contributed by atoms with Crippen molar-refractivity contribution in [2.45, 2.75) is 62.1 Å². The molecule has 2 N–H and O–H groups in total. The molecule has 0 bridgehead atoms. The van der Waals surface area contributed by atoms with Crippen LogP contribution in [0.1, 0.15) is 65.3 Å². The second kappa shape index (κ2) is 13.6. The molecule has 1 heterocycles. The van der Waals surface area contributed by atoms with Crippen molar-refractivity contribution in [3.63, 3.8) is 0 Å². The number of aliphatic carboxylic acids is 1. The Morgan fingerprint density at radius 1 is 0.896 bits per heavy atom. The minimum Gasteiger partial charge on any atom is -0.481 e. The van der Waals surface area contributed by atoms with Crippen LogP contribution in [-0.2, 0) is 27.2 Å². The summed E-state index contributed by atoms with van der Waals surface area (Å²) in [4.78, 5) is 41.9. The van der Waals surface area contributed by atoms with E-state index >= 15 is 0 Å². The number of carbonyl (C=O) groups excluding carboxylic acids is 2. The van der Waals surface area contributed by atoms with Crippen LogP contribution in [0.4, 0.5) is 4.79 Å². The Morgan fingerprint density at radius 2 is 1.54 bits per heavy atom. The van der Waals surface area contributed by atoms with Crippen LogP contribution in [0.5, 0.6) is 0 Å². The lowest BCUT2D eigenvalue weighted by Gasteiger charge is -2.52. The molecule has 1 fully saturated rings. The van der Waals surface area contributed by atoms with E-state index in [2.05, 4.69) is 35.6 Å². The molecular weight excluding hydrogens is 624 g/mol. The number of aldehydes is 1. The number of piperidine rings is 1. The maximum absolute atomic E-state index is 13.9. The highest BCUT2D eigenvalue weighted by Gasteiger charge is 2.53. The first-order chi connectivity index (χ1) is 23.4. The second-order valence-electron chi connectivity index (χ2n) is 13.3. The van der Waals surface area contributed by atoms with Crippen LogP contribution >= 0.6 is 11.6 Å². The fourth-order valence-corrected chi connectivity index (χ4v) is 8.70. The summed E-state index contributed by atoms with van der Waals surface area (Å²) in [6, 6.07) is 32.0. The van der Waals surface area contributed by atoms with Gasteiger partial charge in [0.15, 0.2) is 0 Å². The van der Waals surface area contributed by atoms with Gasteiger partial charge in [0.05, 0.1) is 18.1 Å². The molecule has 0 spiro atoms. The van der Waals surface area contributed by atoms with Crippen molar-refractivity contribution in [3.05, 3.63) is 130 Å². The number of carboxylic acids is 1. The summed E-state index contributed by atoms with van der Waals surface area (Å²) in [7, 11) is 0. The molecule has 48 heavy (non-hydrogen) atoms. The number of rotatable bonds is 10. The molecule has 4 aromatic rings. The summed E-state index contributed by atoms with van der Waals surface area (Å²) in [5.74, 6) is -1.59. The van der Waals surface area contributed by atoms with Crippen molar-refractivity contribution in [2.24, 2.45) is 5.92 Å². The summed E-state index contributed by atoms with van der Waals surface area (Å²) in [6.07, 6.45) is 2.83.